The number of hydrogen-bond acceptors (Lipinski definition) is 2. The van der Waals surface area contributed by atoms with Crippen LogP contribution in [0.1, 0.15) is 20.3 Å². The molecule has 0 spiro atoms. The van der Waals surface area contributed by atoms with Gasteiger partial charge in [-0.1, -0.05) is 18.5 Å². The average Bonchev–Trinajstić information content (AvgIpc) is 2.30. The van der Waals surface area contributed by atoms with Crippen LogP contribution in [0.25, 0.3) is 0 Å². The summed E-state index contributed by atoms with van der Waals surface area (Å²) in [5.41, 5.74) is 0. The molecule has 17 heavy (non-hydrogen) atoms. The topological polar surface area (TPSA) is 38.3 Å². The fraction of sp³-hybridized carbons (Fsp3) is 0.417. The fourth-order valence-electron chi connectivity index (χ4n) is 1.13. The average molecular weight is 260 g/mol. The van der Waals surface area contributed by atoms with Crippen molar-refractivity contribution >= 4 is 17.5 Å². The zero-order valence-electron chi connectivity index (χ0n) is 9.80. The smallest absolute Gasteiger partial charge is 0.258 e. The molecule has 1 aromatic rings. The molecule has 0 saturated carbocycles. The van der Waals surface area contributed by atoms with E-state index < -0.39 is 5.82 Å². The lowest BCUT2D eigenvalue weighted by Gasteiger charge is -2.12. The molecule has 0 aliphatic heterocycles. The Bertz CT molecular complexity index is 398. The summed E-state index contributed by atoms with van der Waals surface area (Å²) in [4.78, 5) is 11.4. The monoisotopic (exact) mass is 259 g/mol. The molecule has 94 valence electrons. The normalized spacial score (nSPS) is 12.0. The third kappa shape index (κ3) is 4.61. The van der Waals surface area contributed by atoms with Crippen molar-refractivity contribution in [3.05, 3.63) is 29.0 Å². The Hall–Kier alpha value is -1.29. The first kappa shape index (κ1) is 13.8. The molecule has 0 fully saturated rings. The summed E-state index contributed by atoms with van der Waals surface area (Å²) >= 11 is 5.58. The number of carbonyl (C=O) groups is 1. The van der Waals surface area contributed by atoms with E-state index in [0.717, 1.165) is 6.42 Å². The third-order valence-electron chi connectivity index (χ3n) is 2.28. The molecular formula is C12H15ClFNO2. The van der Waals surface area contributed by atoms with Gasteiger partial charge in [0.1, 0.15) is 11.6 Å². The van der Waals surface area contributed by atoms with Crippen LogP contribution in [0.15, 0.2) is 18.2 Å². The quantitative estimate of drug-likeness (QED) is 0.883. The lowest BCUT2D eigenvalue weighted by atomic mass is 10.2. The lowest BCUT2D eigenvalue weighted by Crippen LogP contribution is -2.35. The zero-order valence-corrected chi connectivity index (χ0v) is 10.6. The van der Waals surface area contributed by atoms with Gasteiger partial charge in [-0.15, -0.1) is 0 Å². The van der Waals surface area contributed by atoms with Crippen LogP contribution in [-0.2, 0) is 4.79 Å². The summed E-state index contributed by atoms with van der Waals surface area (Å²) in [6, 6.07) is 4.08. The van der Waals surface area contributed by atoms with Crippen molar-refractivity contribution in [3.8, 4) is 5.75 Å². The standard InChI is InChI=1S/C12H15ClFNO2/c1-3-8(2)15-12(16)7-17-9-4-5-11(14)10(13)6-9/h4-6,8H,3,7H2,1-2H3,(H,15,16). The SMILES string of the molecule is CCC(C)NC(=O)COc1ccc(F)c(Cl)c1. The molecule has 0 heterocycles. The maximum atomic E-state index is 12.8. The second-order valence-electron chi connectivity index (χ2n) is 3.74. The van der Waals surface area contributed by atoms with Gasteiger partial charge in [-0.25, -0.2) is 4.39 Å². The highest BCUT2D eigenvalue weighted by Gasteiger charge is 2.07. The van der Waals surface area contributed by atoms with Crippen LogP contribution in [0.5, 0.6) is 5.75 Å². The van der Waals surface area contributed by atoms with Crippen LogP contribution in [-0.4, -0.2) is 18.6 Å². The first-order valence-corrected chi connectivity index (χ1v) is 5.78. The van der Waals surface area contributed by atoms with Crippen LogP contribution in [0.3, 0.4) is 0 Å². The zero-order chi connectivity index (χ0) is 12.8. The molecule has 3 nitrogen and oxygen atoms in total. The molecule has 0 aliphatic carbocycles. The largest absolute Gasteiger partial charge is 0.484 e. The van der Waals surface area contributed by atoms with E-state index in [9.17, 15) is 9.18 Å². The number of amides is 1. The van der Waals surface area contributed by atoms with Gasteiger partial charge in [0, 0.05) is 12.1 Å². The Morgan fingerprint density at radius 3 is 2.88 bits per heavy atom. The Morgan fingerprint density at radius 1 is 1.59 bits per heavy atom. The second kappa shape index (κ2) is 6.45. The molecule has 0 bridgehead atoms. The first-order valence-electron chi connectivity index (χ1n) is 5.40. The number of halogens is 2. The molecule has 1 aromatic carbocycles. The van der Waals surface area contributed by atoms with E-state index in [1.807, 2.05) is 13.8 Å². The van der Waals surface area contributed by atoms with Crippen LogP contribution >= 0.6 is 11.6 Å². The van der Waals surface area contributed by atoms with E-state index in [-0.39, 0.29) is 23.6 Å². The number of carbonyl (C=O) groups excluding carboxylic acids is 1. The molecule has 0 radical (unpaired) electrons. The Balaban J connectivity index is 2.45. The van der Waals surface area contributed by atoms with Crippen LogP contribution in [0.2, 0.25) is 5.02 Å². The maximum Gasteiger partial charge on any atom is 0.258 e. The Labute approximate surface area is 105 Å². The molecule has 1 unspecified atom stereocenters. The molecular weight excluding hydrogens is 245 g/mol. The molecule has 0 aromatic heterocycles. The molecule has 1 amide bonds. The Morgan fingerprint density at radius 2 is 2.29 bits per heavy atom. The Kier molecular flexibility index (Phi) is 5.22. The van der Waals surface area contributed by atoms with Crippen molar-refractivity contribution in [2.45, 2.75) is 26.3 Å². The van der Waals surface area contributed by atoms with E-state index in [2.05, 4.69) is 5.32 Å². The van der Waals surface area contributed by atoms with Gasteiger partial charge in [-0.2, -0.15) is 0 Å². The predicted octanol–water partition coefficient (Wildman–Crippen LogP) is 2.77. The van der Waals surface area contributed by atoms with Gasteiger partial charge in [0.15, 0.2) is 6.61 Å². The van der Waals surface area contributed by atoms with Crippen molar-refractivity contribution in [3.63, 3.8) is 0 Å². The van der Waals surface area contributed by atoms with Crippen LogP contribution in [0.4, 0.5) is 4.39 Å². The summed E-state index contributed by atoms with van der Waals surface area (Å²) in [5.74, 6) is -0.349. The minimum atomic E-state index is -0.511. The highest BCUT2D eigenvalue weighted by molar-refractivity contribution is 6.30. The number of nitrogens with one attached hydrogen (secondary N) is 1. The summed E-state index contributed by atoms with van der Waals surface area (Å²) in [7, 11) is 0. The summed E-state index contributed by atoms with van der Waals surface area (Å²) in [6.45, 7) is 3.78. The van der Waals surface area contributed by atoms with E-state index in [1.165, 1.54) is 18.2 Å². The summed E-state index contributed by atoms with van der Waals surface area (Å²) in [5, 5.41) is 2.73. The predicted molar refractivity (Wildman–Crippen MR) is 64.8 cm³/mol. The minimum Gasteiger partial charge on any atom is -0.484 e. The van der Waals surface area contributed by atoms with Gasteiger partial charge in [0.05, 0.1) is 5.02 Å². The maximum absolute atomic E-state index is 12.8. The summed E-state index contributed by atoms with van der Waals surface area (Å²) in [6.07, 6.45) is 0.855. The molecule has 0 saturated heterocycles. The van der Waals surface area contributed by atoms with Crippen LogP contribution in [0, 0.1) is 5.82 Å². The fourth-order valence-corrected chi connectivity index (χ4v) is 1.30. The molecule has 0 aliphatic rings. The number of benzene rings is 1. The van der Waals surface area contributed by atoms with Crippen molar-refractivity contribution in [2.24, 2.45) is 0 Å². The van der Waals surface area contributed by atoms with Crippen molar-refractivity contribution in [2.75, 3.05) is 6.61 Å². The van der Waals surface area contributed by atoms with E-state index >= 15 is 0 Å². The molecule has 1 atom stereocenters. The minimum absolute atomic E-state index is 0.0233. The van der Waals surface area contributed by atoms with Gasteiger partial charge >= 0.3 is 0 Å². The summed E-state index contributed by atoms with van der Waals surface area (Å²) < 4.78 is 18.0. The van der Waals surface area contributed by atoms with Crippen molar-refractivity contribution in [1.29, 1.82) is 0 Å². The molecule has 1 N–H and O–H groups in total. The van der Waals surface area contributed by atoms with Gasteiger partial charge in [0.2, 0.25) is 0 Å². The van der Waals surface area contributed by atoms with Gasteiger partial charge in [0.25, 0.3) is 5.91 Å². The third-order valence-corrected chi connectivity index (χ3v) is 2.57. The van der Waals surface area contributed by atoms with Crippen molar-refractivity contribution in [1.82, 2.24) is 5.32 Å². The van der Waals surface area contributed by atoms with Gasteiger partial charge < -0.3 is 10.1 Å². The van der Waals surface area contributed by atoms with Crippen molar-refractivity contribution < 1.29 is 13.9 Å². The highest BCUT2D eigenvalue weighted by Crippen LogP contribution is 2.20. The number of hydrogen-bond donors (Lipinski definition) is 1. The number of rotatable bonds is 5. The highest BCUT2D eigenvalue weighted by atomic mass is 35.5. The first-order chi connectivity index (χ1) is 8.02. The van der Waals surface area contributed by atoms with Gasteiger partial charge in [-0.3, -0.25) is 4.79 Å². The molecule has 5 heteroatoms. The van der Waals surface area contributed by atoms with E-state index in [0.29, 0.717) is 5.75 Å². The van der Waals surface area contributed by atoms with E-state index in [4.69, 9.17) is 16.3 Å². The molecule has 1 rings (SSSR count). The van der Waals surface area contributed by atoms with Gasteiger partial charge in [-0.05, 0) is 25.5 Å². The van der Waals surface area contributed by atoms with E-state index in [1.54, 1.807) is 0 Å². The second-order valence-corrected chi connectivity index (χ2v) is 4.15. The number of ether oxygens (including phenoxy) is 1. The van der Waals surface area contributed by atoms with Crippen LogP contribution < -0.4 is 10.1 Å². The lowest BCUT2D eigenvalue weighted by molar-refractivity contribution is -0.123.